The van der Waals surface area contributed by atoms with Gasteiger partial charge in [0, 0.05) is 12.2 Å². The molecule has 4 heteroatoms. The quantitative estimate of drug-likeness (QED) is 0.794. The van der Waals surface area contributed by atoms with Crippen LogP contribution in [0.15, 0.2) is 18.3 Å². The Morgan fingerprint density at radius 1 is 1.65 bits per heavy atom. The van der Waals surface area contributed by atoms with Crippen molar-refractivity contribution < 1.29 is 9.90 Å². The molecule has 2 N–H and O–H groups in total. The van der Waals surface area contributed by atoms with Crippen LogP contribution in [0.25, 0.3) is 0 Å². The van der Waals surface area contributed by atoms with Crippen LogP contribution in [0.1, 0.15) is 43.1 Å². The molecule has 1 aromatic rings. The summed E-state index contributed by atoms with van der Waals surface area (Å²) in [6, 6.07) is 3.90. The van der Waals surface area contributed by atoms with E-state index in [0.29, 0.717) is 11.7 Å². The maximum Gasteiger partial charge on any atom is 0.356 e. The van der Waals surface area contributed by atoms with E-state index in [1.54, 1.807) is 12.1 Å². The van der Waals surface area contributed by atoms with E-state index in [-0.39, 0.29) is 5.69 Å². The van der Waals surface area contributed by atoms with Crippen molar-refractivity contribution in [2.24, 2.45) is 5.92 Å². The zero-order valence-electron chi connectivity index (χ0n) is 10.0. The predicted molar refractivity (Wildman–Crippen MR) is 66.2 cm³/mol. The molecular formula is C13H18N2O2. The highest BCUT2D eigenvalue weighted by Gasteiger charge is 2.25. The molecule has 0 aliphatic heterocycles. The zero-order chi connectivity index (χ0) is 12.3. The predicted octanol–water partition coefficient (Wildman–Crippen LogP) is 2.77. The van der Waals surface area contributed by atoms with Crippen molar-refractivity contribution in [2.75, 3.05) is 5.32 Å². The first-order valence-corrected chi connectivity index (χ1v) is 6.15. The highest BCUT2D eigenvalue weighted by molar-refractivity contribution is 5.91. The van der Waals surface area contributed by atoms with Gasteiger partial charge < -0.3 is 10.4 Å². The fourth-order valence-electron chi connectivity index (χ4n) is 2.00. The monoisotopic (exact) mass is 234 g/mol. The smallest absolute Gasteiger partial charge is 0.356 e. The van der Waals surface area contributed by atoms with Gasteiger partial charge in [-0.1, -0.05) is 19.8 Å². The van der Waals surface area contributed by atoms with Crippen LogP contribution in [0.2, 0.25) is 0 Å². The summed E-state index contributed by atoms with van der Waals surface area (Å²) in [5.41, 5.74) is 0.745. The number of hydrogen-bond acceptors (Lipinski definition) is 3. The van der Waals surface area contributed by atoms with Crippen molar-refractivity contribution >= 4 is 11.7 Å². The van der Waals surface area contributed by atoms with Crippen LogP contribution in [-0.2, 0) is 0 Å². The number of carboxylic acid groups (broad SMARTS) is 1. The van der Waals surface area contributed by atoms with Crippen molar-refractivity contribution in [3.05, 3.63) is 24.0 Å². The number of carbonyl (C=O) groups is 1. The zero-order valence-corrected chi connectivity index (χ0v) is 10.0. The van der Waals surface area contributed by atoms with Crippen molar-refractivity contribution in [1.82, 2.24) is 4.98 Å². The molecular weight excluding hydrogens is 216 g/mol. The molecule has 0 bridgehead atoms. The Balaban J connectivity index is 2.07. The van der Waals surface area contributed by atoms with E-state index in [1.807, 2.05) is 0 Å². The van der Waals surface area contributed by atoms with Crippen molar-refractivity contribution in [1.29, 1.82) is 0 Å². The van der Waals surface area contributed by atoms with Gasteiger partial charge in [-0.05, 0) is 30.9 Å². The van der Waals surface area contributed by atoms with E-state index >= 15 is 0 Å². The molecule has 1 saturated carbocycles. The molecule has 17 heavy (non-hydrogen) atoms. The molecule has 1 aromatic heterocycles. The standard InChI is InChI=1S/C13H18N2O2/c1-2-10(8-9-5-6-9)15-11-4-3-7-14-12(11)13(16)17/h3-4,7,9-10,15H,2,5-6,8H2,1H3,(H,16,17). The van der Waals surface area contributed by atoms with E-state index in [0.717, 1.165) is 18.8 Å². The molecule has 0 radical (unpaired) electrons. The number of aromatic carboxylic acids is 1. The summed E-state index contributed by atoms with van der Waals surface area (Å²) < 4.78 is 0. The number of pyridine rings is 1. The van der Waals surface area contributed by atoms with Gasteiger partial charge in [-0.3, -0.25) is 0 Å². The van der Waals surface area contributed by atoms with Gasteiger partial charge in [0.25, 0.3) is 0 Å². The topological polar surface area (TPSA) is 62.2 Å². The first-order chi connectivity index (χ1) is 8.20. The minimum atomic E-state index is -0.977. The fourth-order valence-corrected chi connectivity index (χ4v) is 2.00. The Morgan fingerprint density at radius 3 is 3.00 bits per heavy atom. The molecule has 1 aliphatic rings. The lowest BCUT2D eigenvalue weighted by atomic mass is 10.1. The lowest BCUT2D eigenvalue weighted by molar-refractivity contribution is 0.0691. The van der Waals surface area contributed by atoms with E-state index in [9.17, 15) is 4.79 Å². The SMILES string of the molecule is CCC(CC1CC1)Nc1cccnc1C(=O)O. The Hall–Kier alpha value is -1.58. The molecule has 92 valence electrons. The Labute approximate surface area is 101 Å². The van der Waals surface area contributed by atoms with Gasteiger partial charge in [-0.2, -0.15) is 0 Å². The normalized spacial score (nSPS) is 16.5. The second kappa shape index (κ2) is 5.17. The van der Waals surface area contributed by atoms with Crippen LogP contribution in [0, 0.1) is 5.92 Å². The third-order valence-electron chi connectivity index (χ3n) is 3.18. The second-order valence-electron chi connectivity index (χ2n) is 4.63. The average molecular weight is 234 g/mol. The van der Waals surface area contributed by atoms with E-state index in [4.69, 9.17) is 5.11 Å². The number of hydrogen-bond donors (Lipinski definition) is 2. The van der Waals surface area contributed by atoms with E-state index in [2.05, 4.69) is 17.2 Å². The Kier molecular flexibility index (Phi) is 3.61. The molecule has 1 atom stereocenters. The first kappa shape index (κ1) is 11.9. The number of nitrogens with zero attached hydrogens (tertiary/aromatic N) is 1. The van der Waals surface area contributed by atoms with Gasteiger partial charge in [-0.25, -0.2) is 9.78 Å². The lowest BCUT2D eigenvalue weighted by Gasteiger charge is -2.18. The van der Waals surface area contributed by atoms with Crippen molar-refractivity contribution in [3.8, 4) is 0 Å². The highest BCUT2D eigenvalue weighted by atomic mass is 16.4. The summed E-state index contributed by atoms with van der Waals surface area (Å²) in [4.78, 5) is 14.9. The Bertz CT molecular complexity index is 402. The average Bonchev–Trinajstić information content (AvgIpc) is 3.12. The molecule has 0 amide bonds. The number of anilines is 1. The molecule has 1 unspecified atom stereocenters. The van der Waals surface area contributed by atoms with Crippen LogP contribution in [0.4, 0.5) is 5.69 Å². The lowest BCUT2D eigenvalue weighted by Crippen LogP contribution is -2.21. The van der Waals surface area contributed by atoms with Gasteiger partial charge in [0.2, 0.25) is 0 Å². The van der Waals surface area contributed by atoms with Crippen LogP contribution < -0.4 is 5.32 Å². The van der Waals surface area contributed by atoms with E-state index < -0.39 is 5.97 Å². The summed E-state index contributed by atoms with van der Waals surface area (Å²) in [5, 5.41) is 12.3. The summed E-state index contributed by atoms with van der Waals surface area (Å²) in [6.45, 7) is 2.12. The summed E-state index contributed by atoms with van der Waals surface area (Å²) >= 11 is 0. The van der Waals surface area contributed by atoms with E-state index in [1.165, 1.54) is 19.0 Å². The maximum atomic E-state index is 11.0. The van der Waals surface area contributed by atoms with Gasteiger partial charge in [0.05, 0.1) is 5.69 Å². The molecule has 1 aliphatic carbocycles. The summed E-state index contributed by atoms with van der Waals surface area (Å²) in [7, 11) is 0. The summed E-state index contributed by atoms with van der Waals surface area (Å²) in [6.07, 6.45) is 6.28. The fraction of sp³-hybridized carbons (Fsp3) is 0.538. The molecule has 0 spiro atoms. The number of nitrogens with one attached hydrogen (secondary N) is 1. The molecule has 2 rings (SSSR count). The van der Waals surface area contributed by atoms with Crippen molar-refractivity contribution in [3.63, 3.8) is 0 Å². The third-order valence-corrected chi connectivity index (χ3v) is 3.18. The molecule has 0 aromatic carbocycles. The van der Waals surface area contributed by atoms with Crippen LogP contribution in [0.3, 0.4) is 0 Å². The van der Waals surface area contributed by atoms with Gasteiger partial charge in [0.1, 0.15) is 0 Å². The largest absolute Gasteiger partial charge is 0.476 e. The Morgan fingerprint density at radius 2 is 2.41 bits per heavy atom. The number of rotatable bonds is 6. The number of aromatic nitrogens is 1. The molecule has 1 fully saturated rings. The summed E-state index contributed by atoms with van der Waals surface area (Å²) in [5.74, 6) is -0.147. The van der Waals surface area contributed by atoms with Crippen LogP contribution in [0.5, 0.6) is 0 Å². The van der Waals surface area contributed by atoms with Gasteiger partial charge in [0.15, 0.2) is 5.69 Å². The third kappa shape index (κ3) is 3.19. The second-order valence-corrected chi connectivity index (χ2v) is 4.63. The maximum absolute atomic E-state index is 11.0. The van der Waals surface area contributed by atoms with Gasteiger partial charge in [-0.15, -0.1) is 0 Å². The number of carboxylic acids is 1. The van der Waals surface area contributed by atoms with Crippen molar-refractivity contribution in [2.45, 2.75) is 38.6 Å². The minimum Gasteiger partial charge on any atom is -0.476 e. The molecule has 0 saturated heterocycles. The highest BCUT2D eigenvalue weighted by Crippen LogP contribution is 2.34. The first-order valence-electron chi connectivity index (χ1n) is 6.15. The van der Waals surface area contributed by atoms with Crippen LogP contribution >= 0.6 is 0 Å². The van der Waals surface area contributed by atoms with Crippen LogP contribution in [-0.4, -0.2) is 22.1 Å². The molecule has 1 heterocycles. The van der Waals surface area contributed by atoms with Gasteiger partial charge >= 0.3 is 5.97 Å². The molecule has 4 nitrogen and oxygen atoms in total. The minimum absolute atomic E-state index is 0.113.